The Kier molecular flexibility index (Phi) is 5.88. The predicted molar refractivity (Wildman–Crippen MR) is 107 cm³/mol. The molecule has 3 atom stereocenters. The number of ether oxygens (including phenoxy) is 1. The lowest BCUT2D eigenvalue weighted by Crippen LogP contribution is -2.42. The molecule has 0 spiro atoms. The summed E-state index contributed by atoms with van der Waals surface area (Å²) in [7, 11) is 0. The fourth-order valence-electron chi connectivity index (χ4n) is 4.59. The summed E-state index contributed by atoms with van der Waals surface area (Å²) in [4.78, 5) is 16.0. The van der Waals surface area contributed by atoms with Gasteiger partial charge in [-0.05, 0) is 56.1 Å². The van der Waals surface area contributed by atoms with Gasteiger partial charge in [-0.25, -0.2) is 4.79 Å². The minimum Gasteiger partial charge on any atom is -0.478 e. The first-order valence-electron chi connectivity index (χ1n) is 9.68. The molecule has 0 radical (unpaired) electrons. The molecule has 7 heteroatoms. The first-order valence-corrected chi connectivity index (χ1v) is 12.0. The van der Waals surface area contributed by atoms with Crippen LogP contribution < -0.4 is 5.32 Å². The molecule has 2 bridgehead atoms. The maximum atomic E-state index is 12.2. The molecule has 26 heavy (non-hydrogen) atoms. The number of aliphatic carboxylic acids is 1. The Hall–Kier alpha value is -0.630. The molecule has 0 aromatic heterocycles. The third-order valence-electron chi connectivity index (χ3n) is 5.80. The van der Waals surface area contributed by atoms with Crippen LogP contribution in [0.1, 0.15) is 38.5 Å². The van der Waals surface area contributed by atoms with E-state index in [9.17, 15) is 9.90 Å². The lowest BCUT2D eigenvalue weighted by Gasteiger charge is -2.42. The number of allylic oxidation sites excluding steroid dienone is 2. The topological polar surface area (TPSA) is 61.8 Å². The summed E-state index contributed by atoms with van der Waals surface area (Å²) in [6.45, 7) is 2.88. The standard InChI is InChI=1S/C19H28N2O3S2/c1-25-10-7-13-17-15(12-5-4-8-21(13)11-12)16(19(22)23)18(26-17)20-14-6-2-3-9-24-14/h12,14,18,20H,2-11H2,1H3,(H,22,23). The summed E-state index contributed by atoms with van der Waals surface area (Å²) < 4.78 is 5.83. The van der Waals surface area contributed by atoms with Crippen molar-refractivity contribution >= 4 is 29.5 Å². The average Bonchev–Trinajstić information content (AvgIpc) is 3.02. The molecule has 3 unspecified atom stereocenters. The molecule has 2 fully saturated rings. The number of piperidine rings is 1. The third-order valence-corrected chi connectivity index (χ3v) is 7.71. The maximum absolute atomic E-state index is 12.2. The molecule has 144 valence electrons. The second-order valence-electron chi connectivity index (χ2n) is 7.46. The second-order valence-corrected chi connectivity index (χ2v) is 9.56. The molecule has 0 saturated carbocycles. The summed E-state index contributed by atoms with van der Waals surface area (Å²) >= 11 is 3.58. The highest BCUT2D eigenvalue weighted by Gasteiger charge is 2.44. The van der Waals surface area contributed by atoms with Gasteiger partial charge in [0.15, 0.2) is 0 Å². The lowest BCUT2D eigenvalue weighted by atomic mass is 9.83. The predicted octanol–water partition coefficient (Wildman–Crippen LogP) is 3.25. The van der Waals surface area contributed by atoms with E-state index in [1.165, 1.54) is 10.6 Å². The molecule has 2 N–H and O–H groups in total. The van der Waals surface area contributed by atoms with Gasteiger partial charge in [0.25, 0.3) is 0 Å². The van der Waals surface area contributed by atoms with Gasteiger partial charge in [0, 0.05) is 36.2 Å². The van der Waals surface area contributed by atoms with E-state index < -0.39 is 5.97 Å². The van der Waals surface area contributed by atoms with Crippen LogP contribution in [0.2, 0.25) is 0 Å². The Bertz CT molecular complexity index is 628. The van der Waals surface area contributed by atoms with Crippen molar-refractivity contribution in [3.8, 4) is 0 Å². The van der Waals surface area contributed by atoms with Gasteiger partial charge >= 0.3 is 5.97 Å². The van der Waals surface area contributed by atoms with Gasteiger partial charge in [-0.3, -0.25) is 5.32 Å². The zero-order chi connectivity index (χ0) is 18.1. The zero-order valence-electron chi connectivity index (χ0n) is 15.3. The van der Waals surface area contributed by atoms with Gasteiger partial charge in [-0.1, -0.05) is 11.8 Å². The Balaban J connectivity index is 1.68. The summed E-state index contributed by atoms with van der Waals surface area (Å²) in [6, 6.07) is 0. The molecule has 0 aromatic carbocycles. The molecule has 0 amide bonds. The molecule has 2 saturated heterocycles. The molecule has 4 rings (SSSR count). The monoisotopic (exact) mass is 396 g/mol. The van der Waals surface area contributed by atoms with Crippen LogP contribution >= 0.6 is 23.5 Å². The van der Waals surface area contributed by atoms with Crippen molar-refractivity contribution in [2.45, 2.75) is 50.1 Å². The quantitative estimate of drug-likeness (QED) is 0.714. The van der Waals surface area contributed by atoms with Crippen molar-refractivity contribution in [3.05, 3.63) is 21.7 Å². The number of thioether (sulfide) groups is 2. The van der Waals surface area contributed by atoms with Crippen molar-refractivity contribution in [1.29, 1.82) is 0 Å². The molecule has 0 aliphatic carbocycles. The summed E-state index contributed by atoms with van der Waals surface area (Å²) in [6.07, 6.45) is 8.62. The van der Waals surface area contributed by atoms with E-state index in [1.54, 1.807) is 11.8 Å². The van der Waals surface area contributed by atoms with E-state index in [-0.39, 0.29) is 11.6 Å². The van der Waals surface area contributed by atoms with Crippen LogP contribution in [-0.2, 0) is 9.53 Å². The Morgan fingerprint density at radius 3 is 3.00 bits per heavy atom. The Morgan fingerprint density at radius 2 is 2.27 bits per heavy atom. The van der Waals surface area contributed by atoms with Gasteiger partial charge in [-0.2, -0.15) is 11.8 Å². The number of hydrogen-bond acceptors (Lipinski definition) is 6. The van der Waals surface area contributed by atoms with Crippen LogP contribution in [0.3, 0.4) is 0 Å². The zero-order valence-corrected chi connectivity index (χ0v) is 17.0. The van der Waals surface area contributed by atoms with Crippen LogP contribution in [0.15, 0.2) is 21.7 Å². The SMILES string of the molecule is CSCCC1=C2SC(NC3CCCCO3)C(C(=O)O)=C2C2CCCN1C2. The highest BCUT2D eigenvalue weighted by molar-refractivity contribution is 8.04. The van der Waals surface area contributed by atoms with E-state index in [0.29, 0.717) is 11.5 Å². The first kappa shape index (κ1) is 18.7. The Labute approximate surface area is 164 Å². The van der Waals surface area contributed by atoms with Crippen LogP contribution in [0.4, 0.5) is 0 Å². The van der Waals surface area contributed by atoms with Crippen molar-refractivity contribution in [1.82, 2.24) is 10.2 Å². The molecular weight excluding hydrogens is 368 g/mol. The normalized spacial score (nSPS) is 31.4. The lowest BCUT2D eigenvalue weighted by molar-refractivity contribution is -0.133. The number of fused-ring (bicyclic) bond motifs is 4. The number of carboxylic acids is 1. The van der Waals surface area contributed by atoms with Crippen LogP contribution in [0, 0.1) is 5.92 Å². The number of nitrogens with one attached hydrogen (secondary N) is 1. The molecule has 5 nitrogen and oxygen atoms in total. The molecule has 4 aliphatic heterocycles. The van der Waals surface area contributed by atoms with Gasteiger partial charge in [0.05, 0.1) is 10.9 Å². The minimum atomic E-state index is -0.765. The number of carbonyl (C=O) groups is 1. The highest BCUT2D eigenvalue weighted by Crippen LogP contribution is 2.52. The fraction of sp³-hybridized carbons (Fsp3) is 0.737. The average molecular weight is 397 g/mol. The highest BCUT2D eigenvalue weighted by atomic mass is 32.2. The van der Waals surface area contributed by atoms with E-state index in [2.05, 4.69) is 16.5 Å². The van der Waals surface area contributed by atoms with E-state index >= 15 is 0 Å². The second kappa shape index (κ2) is 8.17. The summed E-state index contributed by atoms with van der Waals surface area (Å²) in [5, 5.41) is 13.3. The first-order chi connectivity index (χ1) is 12.7. The molecule has 0 aromatic rings. The molecular formula is C19H28N2O3S2. The largest absolute Gasteiger partial charge is 0.478 e. The molecule has 4 aliphatic rings. The van der Waals surface area contributed by atoms with Crippen LogP contribution in [0.25, 0.3) is 0 Å². The smallest absolute Gasteiger partial charge is 0.334 e. The van der Waals surface area contributed by atoms with Crippen molar-refractivity contribution in [2.75, 3.05) is 31.7 Å². The van der Waals surface area contributed by atoms with Crippen LogP contribution in [-0.4, -0.2) is 59.3 Å². The van der Waals surface area contributed by atoms with Crippen LogP contribution in [0.5, 0.6) is 0 Å². The van der Waals surface area contributed by atoms with E-state index in [0.717, 1.165) is 69.5 Å². The van der Waals surface area contributed by atoms with Gasteiger partial charge in [-0.15, -0.1) is 0 Å². The van der Waals surface area contributed by atoms with Crippen molar-refractivity contribution < 1.29 is 14.6 Å². The van der Waals surface area contributed by atoms with E-state index in [4.69, 9.17) is 4.74 Å². The number of rotatable bonds is 6. The molecule has 4 heterocycles. The van der Waals surface area contributed by atoms with Gasteiger partial charge in [0.1, 0.15) is 6.23 Å². The maximum Gasteiger partial charge on any atom is 0.334 e. The Morgan fingerprint density at radius 1 is 1.38 bits per heavy atom. The summed E-state index contributed by atoms with van der Waals surface area (Å²) in [5.41, 5.74) is 3.10. The number of nitrogens with zero attached hydrogens (tertiary/aromatic N) is 1. The third kappa shape index (κ3) is 3.55. The number of carboxylic acid groups (broad SMARTS) is 1. The fourth-order valence-corrected chi connectivity index (χ4v) is 6.56. The minimum absolute atomic E-state index is 0.0220. The van der Waals surface area contributed by atoms with Gasteiger partial charge in [0.2, 0.25) is 0 Å². The van der Waals surface area contributed by atoms with Crippen molar-refractivity contribution in [2.24, 2.45) is 5.92 Å². The van der Waals surface area contributed by atoms with Crippen molar-refractivity contribution in [3.63, 3.8) is 0 Å². The van der Waals surface area contributed by atoms with Gasteiger partial charge < -0.3 is 14.7 Å². The summed E-state index contributed by atoms with van der Waals surface area (Å²) in [5.74, 6) is 0.689. The van der Waals surface area contributed by atoms with E-state index in [1.807, 2.05) is 11.8 Å². The number of hydrogen-bond donors (Lipinski definition) is 2.